The Bertz CT molecular complexity index is 1200. The van der Waals surface area contributed by atoms with Gasteiger partial charge in [0, 0.05) is 24.2 Å². The lowest BCUT2D eigenvalue weighted by molar-refractivity contribution is 0.0955. The third-order valence-corrected chi connectivity index (χ3v) is 5.04. The van der Waals surface area contributed by atoms with Crippen LogP contribution in [0.1, 0.15) is 32.7 Å². The first-order valence-corrected chi connectivity index (χ1v) is 9.66. The molecule has 0 aliphatic heterocycles. The van der Waals surface area contributed by atoms with E-state index in [2.05, 4.69) is 15.4 Å². The van der Waals surface area contributed by atoms with Gasteiger partial charge in [0.2, 0.25) is 5.88 Å². The number of halogens is 1. The van der Waals surface area contributed by atoms with Crippen molar-refractivity contribution in [3.8, 4) is 5.88 Å². The van der Waals surface area contributed by atoms with Gasteiger partial charge >= 0.3 is 0 Å². The molecule has 0 spiro atoms. The van der Waals surface area contributed by atoms with E-state index in [1.165, 1.54) is 16.8 Å². The van der Waals surface area contributed by atoms with Crippen molar-refractivity contribution in [3.05, 3.63) is 94.6 Å². The van der Waals surface area contributed by atoms with Gasteiger partial charge in [-0.15, -0.1) is 0 Å². The molecule has 7 heteroatoms. The highest BCUT2D eigenvalue weighted by atomic mass is 19.1. The second-order valence-corrected chi connectivity index (χ2v) is 7.05. The van der Waals surface area contributed by atoms with E-state index in [1.807, 2.05) is 30.3 Å². The highest BCUT2D eigenvalue weighted by molar-refractivity contribution is 5.99. The summed E-state index contributed by atoms with van der Waals surface area (Å²) < 4.78 is 15.2. The minimum Gasteiger partial charge on any atom is -0.493 e. The van der Waals surface area contributed by atoms with Crippen LogP contribution in [0.25, 0.3) is 5.65 Å². The molecule has 2 heterocycles. The first kappa shape index (κ1) is 19.6. The molecule has 152 valence electrons. The summed E-state index contributed by atoms with van der Waals surface area (Å²) in [7, 11) is 0. The van der Waals surface area contributed by atoms with Gasteiger partial charge in [-0.1, -0.05) is 48.5 Å². The fourth-order valence-electron chi connectivity index (χ4n) is 3.38. The molecule has 2 aromatic heterocycles. The van der Waals surface area contributed by atoms with E-state index in [0.717, 1.165) is 5.56 Å². The van der Waals surface area contributed by atoms with Gasteiger partial charge in [0.15, 0.2) is 5.65 Å². The fourth-order valence-corrected chi connectivity index (χ4v) is 3.38. The van der Waals surface area contributed by atoms with Crippen LogP contribution in [0.2, 0.25) is 0 Å². The lowest BCUT2D eigenvalue weighted by Crippen LogP contribution is -2.25. The van der Waals surface area contributed by atoms with Gasteiger partial charge in [-0.2, -0.15) is 9.61 Å². The molecule has 0 aliphatic carbocycles. The summed E-state index contributed by atoms with van der Waals surface area (Å²) in [6.07, 6.45) is 2.26. The monoisotopic (exact) mass is 404 g/mol. The number of carbonyl (C=O) groups is 1. The molecule has 0 saturated carbocycles. The zero-order chi connectivity index (χ0) is 21.1. The van der Waals surface area contributed by atoms with Gasteiger partial charge in [0.05, 0.1) is 6.20 Å². The van der Waals surface area contributed by atoms with Crippen LogP contribution >= 0.6 is 0 Å². The van der Waals surface area contributed by atoms with E-state index in [9.17, 15) is 14.3 Å². The van der Waals surface area contributed by atoms with Crippen molar-refractivity contribution in [2.75, 3.05) is 6.54 Å². The van der Waals surface area contributed by atoms with Crippen LogP contribution in [0.5, 0.6) is 5.88 Å². The maximum absolute atomic E-state index is 14.0. The molecule has 6 nitrogen and oxygen atoms in total. The normalized spacial score (nSPS) is 11.0. The number of aryl methyl sites for hydroxylation is 1. The van der Waals surface area contributed by atoms with Crippen molar-refractivity contribution in [2.45, 2.75) is 19.8 Å². The zero-order valence-corrected chi connectivity index (χ0v) is 16.5. The molecule has 2 N–H and O–H groups in total. The molecule has 0 bridgehead atoms. The summed E-state index contributed by atoms with van der Waals surface area (Å²) in [5.41, 5.74) is 3.09. The summed E-state index contributed by atoms with van der Waals surface area (Å²) in [5.74, 6) is -0.812. The molecular formula is C23H21FN4O2. The number of benzene rings is 2. The van der Waals surface area contributed by atoms with Gasteiger partial charge in [-0.3, -0.25) is 4.79 Å². The van der Waals surface area contributed by atoms with Crippen molar-refractivity contribution in [2.24, 2.45) is 0 Å². The minimum absolute atomic E-state index is 0.149. The Balaban J connectivity index is 1.56. The molecule has 4 rings (SSSR count). The van der Waals surface area contributed by atoms with Crippen LogP contribution < -0.4 is 5.32 Å². The van der Waals surface area contributed by atoms with Gasteiger partial charge in [-0.05, 0) is 30.5 Å². The quantitative estimate of drug-likeness (QED) is 0.516. The predicted octanol–water partition coefficient (Wildman–Crippen LogP) is 3.45. The first-order chi connectivity index (χ1) is 14.5. The van der Waals surface area contributed by atoms with Crippen LogP contribution in [0.4, 0.5) is 4.39 Å². The molecule has 30 heavy (non-hydrogen) atoms. The number of nitrogens with zero attached hydrogens (tertiary/aromatic N) is 3. The molecule has 1 amide bonds. The zero-order valence-electron chi connectivity index (χ0n) is 16.5. The van der Waals surface area contributed by atoms with E-state index in [4.69, 9.17) is 0 Å². The maximum Gasteiger partial charge on any atom is 0.256 e. The smallest absolute Gasteiger partial charge is 0.256 e. The second-order valence-electron chi connectivity index (χ2n) is 7.05. The molecule has 0 saturated heterocycles. The topological polar surface area (TPSA) is 79.5 Å². The van der Waals surface area contributed by atoms with E-state index in [-0.39, 0.29) is 35.2 Å². The Morgan fingerprint density at radius 2 is 1.87 bits per heavy atom. The Hall–Kier alpha value is -3.74. The van der Waals surface area contributed by atoms with Crippen LogP contribution in [-0.2, 0) is 12.8 Å². The molecule has 4 aromatic rings. The molecule has 2 aromatic carbocycles. The number of aromatic hydroxyl groups is 1. The predicted molar refractivity (Wildman–Crippen MR) is 111 cm³/mol. The SMILES string of the molecule is Cc1nc2c(C(=O)NCCc3ccccc3)cnn2c(O)c1Cc1ccccc1F. The summed E-state index contributed by atoms with van der Waals surface area (Å²) in [6, 6.07) is 16.2. The number of rotatable bonds is 6. The van der Waals surface area contributed by atoms with E-state index in [0.29, 0.717) is 29.8 Å². The van der Waals surface area contributed by atoms with Crippen molar-refractivity contribution in [1.82, 2.24) is 19.9 Å². The summed E-state index contributed by atoms with van der Waals surface area (Å²) in [6.45, 7) is 2.19. The lowest BCUT2D eigenvalue weighted by Gasteiger charge is -2.11. The maximum atomic E-state index is 14.0. The Morgan fingerprint density at radius 1 is 1.13 bits per heavy atom. The Labute approximate surface area is 173 Å². The number of aromatic nitrogens is 3. The highest BCUT2D eigenvalue weighted by Crippen LogP contribution is 2.26. The molecule has 0 atom stereocenters. The van der Waals surface area contributed by atoms with Gasteiger partial charge in [0.1, 0.15) is 11.4 Å². The Kier molecular flexibility index (Phi) is 5.43. The Morgan fingerprint density at radius 3 is 2.63 bits per heavy atom. The van der Waals surface area contributed by atoms with Crippen molar-refractivity contribution >= 4 is 11.6 Å². The number of carbonyl (C=O) groups excluding carboxylic acids is 1. The second kappa shape index (κ2) is 8.32. The van der Waals surface area contributed by atoms with Crippen molar-refractivity contribution in [3.63, 3.8) is 0 Å². The molecule has 0 aliphatic rings. The van der Waals surface area contributed by atoms with E-state index < -0.39 is 0 Å². The van der Waals surface area contributed by atoms with Gasteiger partial charge < -0.3 is 10.4 Å². The summed E-state index contributed by atoms with van der Waals surface area (Å²) in [4.78, 5) is 17.1. The highest BCUT2D eigenvalue weighted by Gasteiger charge is 2.20. The molecule has 0 radical (unpaired) electrons. The summed E-state index contributed by atoms with van der Waals surface area (Å²) >= 11 is 0. The van der Waals surface area contributed by atoms with Crippen LogP contribution in [0.3, 0.4) is 0 Å². The molecule has 0 fully saturated rings. The van der Waals surface area contributed by atoms with Crippen LogP contribution in [0, 0.1) is 12.7 Å². The number of hydrogen-bond acceptors (Lipinski definition) is 4. The molecule has 0 unspecified atom stereocenters. The average Bonchev–Trinajstić information content (AvgIpc) is 3.17. The van der Waals surface area contributed by atoms with Gasteiger partial charge in [-0.25, -0.2) is 9.37 Å². The van der Waals surface area contributed by atoms with E-state index in [1.54, 1.807) is 25.1 Å². The van der Waals surface area contributed by atoms with Crippen LogP contribution in [0.15, 0.2) is 60.8 Å². The number of hydrogen-bond donors (Lipinski definition) is 2. The van der Waals surface area contributed by atoms with Crippen LogP contribution in [-0.4, -0.2) is 32.2 Å². The molecular weight excluding hydrogens is 383 g/mol. The number of fused-ring (bicyclic) bond motifs is 1. The minimum atomic E-state index is -0.352. The fraction of sp³-hybridized carbons (Fsp3) is 0.174. The first-order valence-electron chi connectivity index (χ1n) is 9.66. The number of nitrogens with one attached hydrogen (secondary N) is 1. The standard InChI is InChI=1S/C23H21FN4O2/c1-15-18(13-17-9-5-6-10-20(17)24)23(30)28-21(27-15)19(14-26-28)22(29)25-12-11-16-7-3-2-4-8-16/h2-10,14,30H,11-13H2,1H3,(H,25,29). The number of amides is 1. The third-order valence-electron chi connectivity index (χ3n) is 5.04. The van der Waals surface area contributed by atoms with Crippen molar-refractivity contribution < 1.29 is 14.3 Å². The van der Waals surface area contributed by atoms with E-state index >= 15 is 0 Å². The lowest BCUT2D eigenvalue weighted by atomic mass is 10.0. The van der Waals surface area contributed by atoms with Gasteiger partial charge in [0.25, 0.3) is 5.91 Å². The third kappa shape index (κ3) is 3.87. The largest absolute Gasteiger partial charge is 0.493 e. The summed E-state index contributed by atoms with van der Waals surface area (Å²) in [5, 5.41) is 17.7. The van der Waals surface area contributed by atoms with Crippen molar-refractivity contribution in [1.29, 1.82) is 0 Å². The average molecular weight is 404 g/mol.